The first-order valence-electron chi connectivity index (χ1n) is 6.20. The maximum Gasteiger partial charge on any atom is 0.311 e. The average molecular weight is 303 g/mol. The third-order valence-electron chi connectivity index (χ3n) is 2.92. The lowest BCUT2D eigenvalue weighted by Crippen LogP contribution is -1.95. The molecule has 0 aliphatic rings. The third-order valence-corrected chi connectivity index (χ3v) is 3.23. The van der Waals surface area contributed by atoms with Gasteiger partial charge in [0.15, 0.2) is 0 Å². The van der Waals surface area contributed by atoms with Crippen LogP contribution in [0.3, 0.4) is 0 Å². The van der Waals surface area contributed by atoms with Gasteiger partial charge in [-0.15, -0.1) is 0 Å². The summed E-state index contributed by atoms with van der Waals surface area (Å²) in [4.78, 5) is 10.6. The quantitative estimate of drug-likeness (QED) is 0.616. The number of halogens is 1. The van der Waals surface area contributed by atoms with Gasteiger partial charge in [0.25, 0.3) is 0 Å². The van der Waals surface area contributed by atoms with E-state index in [1.54, 1.807) is 18.2 Å². The van der Waals surface area contributed by atoms with Gasteiger partial charge in [-0.1, -0.05) is 24.6 Å². The van der Waals surface area contributed by atoms with Gasteiger partial charge in [0.1, 0.15) is 11.8 Å². The van der Waals surface area contributed by atoms with Gasteiger partial charge in [0.2, 0.25) is 5.75 Å². The van der Waals surface area contributed by atoms with Gasteiger partial charge in [0, 0.05) is 12.1 Å². The number of hydrogen-bond acceptors (Lipinski definition) is 4. The molecule has 0 heterocycles. The van der Waals surface area contributed by atoms with Crippen LogP contribution in [-0.2, 0) is 6.42 Å². The lowest BCUT2D eigenvalue weighted by molar-refractivity contribution is -0.385. The van der Waals surface area contributed by atoms with Gasteiger partial charge in [-0.25, -0.2) is 0 Å². The van der Waals surface area contributed by atoms with Crippen LogP contribution in [0, 0.1) is 21.4 Å². The molecule has 0 aliphatic carbocycles. The van der Waals surface area contributed by atoms with Crippen molar-refractivity contribution in [2.45, 2.75) is 13.3 Å². The standard InChI is InChI=1S/C15H11ClN2O3/c1-2-10-3-6-15(14(7-10)18(19)20)21-12-5-4-11(9-17)13(16)8-12/h3-8H,2H2,1H3. The number of nitro groups is 1. The summed E-state index contributed by atoms with van der Waals surface area (Å²) in [6.07, 6.45) is 0.698. The largest absolute Gasteiger partial charge is 0.450 e. The van der Waals surface area contributed by atoms with Crippen molar-refractivity contribution in [2.24, 2.45) is 0 Å². The molecule has 2 aromatic rings. The lowest BCUT2D eigenvalue weighted by atomic mass is 10.1. The fourth-order valence-electron chi connectivity index (χ4n) is 1.79. The maximum absolute atomic E-state index is 11.1. The van der Waals surface area contributed by atoms with Crippen LogP contribution in [0.2, 0.25) is 5.02 Å². The molecule has 0 radical (unpaired) electrons. The Morgan fingerprint density at radius 3 is 2.67 bits per heavy atom. The van der Waals surface area contributed by atoms with Crippen LogP contribution in [0.5, 0.6) is 11.5 Å². The number of hydrogen-bond donors (Lipinski definition) is 0. The zero-order chi connectivity index (χ0) is 15.4. The van der Waals surface area contributed by atoms with Gasteiger partial charge in [0.05, 0.1) is 15.5 Å². The first-order chi connectivity index (χ1) is 10.0. The van der Waals surface area contributed by atoms with Crippen molar-refractivity contribution in [3.05, 3.63) is 62.7 Å². The molecule has 0 aromatic heterocycles. The highest BCUT2D eigenvalue weighted by atomic mass is 35.5. The molecule has 106 valence electrons. The molecule has 0 atom stereocenters. The molecule has 0 saturated carbocycles. The summed E-state index contributed by atoms with van der Waals surface area (Å²) < 4.78 is 5.52. The SMILES string of the molecule is CCc1ccc(Oc2ccc(C#N)c(Cl)c2)c([N+](=O)[O-])c1. The number of nitrogens with zero attached hydrogens (tertiary/aromatic N) is 2. The van der Waals surface area contributed by atoms with Gasteiger partial charge in [-0.2, -0.15) is 5.26 Å². The highest BCUT2D eigenvalue weighted by Crippen LogP contribution is 2.33. The van der Waals surface area contributed by atoms with Crippen molar-refractivity contribution in [1.29, 1.82) is 5.26 Å². The summed E-state index contributed by atoms with van der Waals surface area (Å²) in [5, 5.41) is 20.2. The zero-order valence-electron chi connectivity index (χ0n) is 11.2. The van der Waals surface area contributed by atoms with Crippen molar-refractivity contribution in [2.75, 3.05) is 0 Å². The average Bonchev–Trinajstić information content (AvgIpc) is 2.47. The van der Waals surface area contributed by atoms with E-state index in [-0.39, 0.29) is 16.5 Å². The van der Waals surface area contributed by atoms with E-state index in [0.717, 1.165) is 5.56 Å². The summed E-state index contributed by atoms with van der Waals surface area (Å²) in [7, 11) is 0. The minimum Gasteiger partial charge on any atom is -0.450 e. The van der Waals surface area contributed by atoms with Crippen LogP contribution in [0.15, 0.2) is 36.4 Å². The van der Waals surface area contributed by atoms with Crippen LogP contribution in [0.4, 0.5) is 5.69 Å². The Morgan fingerprint density at radius 1 is 1.33 bits per heavy atom. The van der Waals surface area contributed by atoms with Crippen LogP contribution >= 0.6 is 11.6 Å². The Labute approximate surface area is 126 Å². The Morgan fingerprint density at radius 2 is 2.10 bits per heavy atom. The number of rotatable bonds is 4. The molecule has 0 bridgehead atoms. The molecule has 0 unspecified atom stereocenters. The van der Waals surface area contributed by atoms with Crippen LogP contribution in [-0.4, -0.2) is 4.92 Å². The van der Waals surface area contributed by atoms with E-state index < -0.39 is 4.92 Å². The highest BCUT2D eigenvalue weighted by Gasteiger charge is 2.16. The van der Waals surface area contributed by atoms with Crippen molar-refractivity contribution in [3.8, 4) is 17.6 Å². The zero-order valence-corrected chi connectivity index (χ0v) is 11.9. The highest BCUT2D eigenvalue weighted by molar-refractivity contribution is 6.31. The fraction of sp³-hybridized carbons (Fsp3) is 0.133. The second kappa shape index (κ2) is 6.25. The third kappa shape index (κ3) is 3.30. The van der Waals surface area contributed by atoms with E-state index in [4.69, 9.17) is 21.6 Å². The van der Waals surface area contributed by atoms with Crippen molar-refractivity contribution in [1.82, 2.24) is 0 Å². The molecule has 2 rings (SSSR count). The molecule has 0 amide bonds. The Balaban J connectivity index is 2.37. The molecular formula is C15H11ClN2O3. The molecular weight excluding hydrogens is 292 g/mol. The predicted octanol–water partition coefficient (Wildman–Crippen LogP) is 4.47. The topological polar surface area (TPSA) is 76.2 Å². The van der Waals surface area contributed by atoms with Crippen LogP contribution in [0.25, 0.3) is 0 Å². The summed E-state index contributed by atoms with van der Waals surface area (Å²) in [6, 6.07) is 11.3. The van der Waals surface area contributed by atoms with E-state index in [1.807, 2.05) is 13.0 Å². The van der Waals surface area contributed by atoms with Crippen molar-refractivity contribution >= 4 is 17.3 Å². The Bertz CT molecular complexity index is 738. The molecule has 0 spiro atoms. The first-order valence-corrected chi connectivity index (χ1v) is 6.57. The molecule has 0 aliphatic heterocycles. The number of benzene rings is 2. The number of aryl methyl sites for hydroxylation is 1. The Hall–Kier alpha value is -2.58. The fourth-order valence-corrected chi connectivity index (χ4v) is 2.00. The summed E-state index contributed by atoms with van der Waals surface area (Å²) in [5.41, 5.74) is 1.07. The number of nitriles is 1. The minimum absolute atomic E-state index is 0.102. The van der Waals surface area contributed by atoms with E-state index in [1.165, 1.54) is 18.2 Å². The van der Waals surface area contributed by atoms with E-state index >= 15 is 0 Å². The molecule has 0 fully saturated rings. The molecule has 6 heteroatoms. The molecule has 2 aromatic carbocycles. The second-order valence-electron chi connectivity index (χ2n) is 4.27. The van der Waals surface area contributed by atoms with Crippen LogP contribution in [0.1, 0.15) is 18.1 Å². The van der Waals surface area contributed by atoms with Gasteiger partial charge < -0.3 is 4.74 Å². The van der Waals surface area contributed by atoms with Crippen molar-refractivity contribution in [3.63, 3.8) is 0 Å². The lowest BCUT2D eigenvalue weighted by Gasteiger charge is -2.08. The second-order valence-corrected chi connectivity index (χ2v) is 4.68. The normalized spacial score (nSPS) is 9.95. The summed E-state index contributed by atoms with van der Waals surface area (Å²) in [5.74, 6) is 0.476. The monoisotopic (exact) mass is 302 g/mol. The maximum atomic E-state index is 11.1. The molecule has 5 nitrogen and oxygen atoms in total. The van der Waals surface area contributed by atoms with E-state index in [2.05, 4.69) is 0 Å². The van der Waals surface area contributed by atoms with Crippen LogP contribution < -0.4 is 4.74 Å². The predicted molar refractivity (Wildman–Crippen MR) is 78.7 cm³/mol. The summed E-state index contributed by atoms with van der Waals surface area (Å²) in [6.45, 7) is 1.92. The molecule has 21 heavy (non-hydrogen) atoms. The van der Waals surface area contributed by atoms with E-state index in [0.29, 0.717) is 17.7 Å². The van der Waals surface area contributed by atoms with Gasteiger partial charge >= 0.3 is 5.69 Å². The molecule has 0 saturated heterocycles. The number of nitro benzene ring substituents is 1. The van der Waals surface area contributed by atoms with Gasteiger partial charge in [-0.3, -0.25) is 10.1 Å². The minimum atomic E-state index is -0.486. The molecule has 0 N–H and O–H groups in total. The van der Waals surface area contributed by atoms with E-state index in [9.17, 15) is 10.1 Å². The van der Waals surface area contributed by atoms with Gasteiger partial charge in [-0.05, 0) is 30.2 Å². The Kier molecular flexibility index (Phi) is 4.41. The smallest absolute Gasteiger partial charge is 0.311 e. The number of ether oxygens (including phenoxy) is 1. The first kappa shape index (κ1) is 14.8. The van der Waals surface area contributed by atoms with Crippen molar-refractivity contribution < 1.29 is 9.66 Å². The summed E-state index contributed by atoms with van der Waals surface area (Å²) >= 11 is 5.91.